The molecule has 1 amide bonds. The molecule has 1 aromatic heterocycles. The lowest BCUT2D eigenvalue weighted by Gasteiger charge is -2.08. The highest BCUT2D eigenvalue weighted by Gasteiger charge is 2.13. The fourth-order valence-electron chi connectivity index (χ4n) is 1.87. The highest BCUT2D eigenvalue weighted by atomic mass is 79.9. The van der Waals surface area contributed by atoms with Gasteiger partial charge in [-0.15, -0.1) is 0 Å². The van der Waals surface area contributed by atoms with Crippen LogP contribution in [0.3, 0.4) is 0 Å². The summed E-state index contributed by atoms with van der Waals surface area (Å²) in [5.41, 5.74) is 1.71. The first kappa shape index (κ1) is 15.8. The van der Waals surface area contributed by atoms with E-state index in [0.29, 0.717) is 18.2 Å². The van der Waals surface area contributed by atoms with Gasteiger partial charge in [0.15, 0.2) is 5.16 Å². The Kier molecular flexibility index (Phi) is 5.24. The monoisotopic (exact) mass is 371 g/mol. The van der Waals surface area contributed by atoms with Gasteiger partial charge in [0.25, 0.3) is 0 Å². The zero-order valence-electron chi connectivity index (χ0n) is 11.3. The third-order valence-corrected chi connectivity index (χ3v) is 4.16. The molecule has 1 aromatic carbocycles. The van der Waals surface area contributed by atoms with Gasteiger partial charge in [-0.2, -0.15) is 0 Å². The molecule has 2 N–H and O–H groups in total. The zero-order valence-corrected chi connectivity index (χ0v) is 13.7. The number of nitrogens with one attached hydrogen (secondary N) is 1. The van der Waals surface area contributed by atoms with Crippen molar-refractivity contribution in [2.24, 2.45) is 0 Å². The molecule has 0 bridgehead atoms. The summed E-state index contributed by atoms with van der Waals surface area (Å²) < 4.78 is 2.84. The van der Waals surface area contributed by atoms with Gasteiger partial charge in [0.05, 0.1) is 16.8 Å². The predicted molar refractivity (Wildman–Crippen MR) is 84.5 cm³/mol. The van der Waals surface area contributed by atoms with Crippen LogP contribution in [0.15, 0.2) is 27.8 Å². The molecule has 6 nitrogen and oxygen atoms in total. The van der Waals surface area contributed by atoms with E-state index in [1.54, 1.807) is 0 Å². The van der Waals surface area contributed by atoms with Gasteiger partial charge in [-0.25, -0.2) is 4.98 Å². The van der Waals surface area contributed by atoms with Crippen molar-refractivity contribution < 1.29 is 14.7 Å². The van der Waals surface area contributed by atoms with Crippen LogP contribution < -0.4 is 5.32 Å². The van der Waals surface area contributed by atoms with Crippen LogP contribution in [0.1, 0.15) is 6.92 Å². The number of nitrogens with zero attached hydrogens (tertiary/aromatic N) is 2. The number of carbonyl (C=O) groups is 2. The molecule has 2 rings (SSSR count). The summed E-state index contributed by atoms with van der Waals surface area (Å²) >= 11 is 4.59. The Bertz CT molecular complexity index is 687. The van der Waals surface area contributed by atoms with Crippen molar-refractivity contribution in [1.29, 1.82) is 0 Å². The second kappa shape index (κ2) is 6.95. The van der Waals surface area contributed by atoms with Crippen molar-refractivity contribution in [3.8, 4) is 0 Å². The minimum atomic E-state index is -0.887. The maximum absolute atomic E-state index is 11.0. The molecule has 0 saturated carbocycles. The number of carbonyl (C=O) groups excluding carboxylic acids is 1. The molecule has 1 heterocycles. The van der Waals surface area contributed by atoms with E-state index in [2.05, 4.69) is 26.2 Å². The largest absolute Gasteiger partial charge is 0.481 e. The van der Waals surface area contributed by atoms with Crippen molar-refractivity contribution in [2.75, 3.05) is 12.3 Å². The fourth-order valence-corrected chi connectivity index (χ4v) is 2.98. The first-order chi connectivity index (χ1) is 9.97. The molecule has 0 aliphatic carbocycles. The molecule has 21 heavy (non-hydrogen) atoms. The first-order valence-electron chi connectivity index (χ1n) is 6.22. The number of amides is 1. The molecule has 0 saturated heterocycles. The average Bonchev–Trinajstić information content (AvgIpc) is 2.74. The van der Waals surface area contributed by atoms with E-state index >= 15 is 0 Å². The third-order valence-electron chi connectivity index (χ3n) is 2.71. The van der Waals surface area contributed by atoms with Gasteiger partial charge < -0.3 is 15.0 Å². The lowest BCUT2D eigenvalue weighted by molar-refractivity contribution is -0.133. The van der Waals surface area contributed by atoms with E-state index in [1.165, 1.54) is 18.7 Å². The Balaban J connectivity index is 2.30. The Labute approximate surface area is 134 Å². The number of rotatable bonds is 6. The van der Waals surface area contributed by atoms with Crippen molar-refractivity contribution in [2.45, 2.75) is 18.6 Å². The number of carboxylic acids is 1. The number of aliphatic carboxylic acids is 1. The quantitative estimate of drug-likeness (QED) is 0.759. The maximum Gasteiger partial charge on any atom is 0.313 e. The standard InChI is InChI=1S/C13H14BrN3O3S/c1-8(18)15-4-5-17-11-6-9(14)2-3-10(11)16-13(17)21-7-12(19)20/h2-3,6H,4-5,7H2,1H3,(H,15,18)(H,19,20). The highest BCUT2D eigenvalue weighted by molar-refractivity contribution is 9.10. The number of imidazole rings is 1. The summed E-state index contributed by atoms with van der Waals surface area (Å²) in [4.78, 5) is 26.2. The molecule has 0 fully saturated rings. The zero-order chi connectivity index (χ0) is 15.4. The van der Waals surface area contributed by atoms with Crippen molar-refractivity contribution in [3.63, 3.8) is 0 Å². The SMILES string of the molecule is CC(=O)NCCn1c(SCC(=O)O)nc2ccc(Br)cc21. The van der Waals surface area contributed by atoms with Crippen LogP contribution in [-0.2, 0) is 16.1 Å². The van der Waals surface area contributed by atoms with E-state index < -0.39 is 5.97 Å². The minimum absolute atomic E-state index is 0.0510. The molecule has 0 radical (unpaired) electrons. The van der Waals surface area contributed by atoms with Crippen LogP contribution in [0, 0.1) is 0 Å². The van der Waals surface area contributed by atoms with Gasteiger partial charge in [0, 0.05) is 24.5 Å². The Morgan fingerprint density at radius 2 is 2.24 bits per heavy atom. The maximum atomic E-state index is 11.0. The number of fused-ring (bicyclic) bond motifs is 1. The van der Waals surface area contributed by atoms with Crippen molar-refractivity contribution >= 4 is 50.6 Å². The first-order valence-corrected chi connectivity index (χ1v) is 8.00. The Morgan fingerprint density at radius 1 is 1.48 bits per heavy atom. The van der Waals surface area contributed by atoms with Gasteiger partial charge in [0.1, 0.15) is 0 Å². The summed E-state index contributed by atoms with van der Waals surface area (Å²) in [6.45, 7) is 2.46. The number of halogens is 1. The number of thioether (sulfide) groups is 1. The van der Waals surface area contributed by atoms with E-state index in [1.807, 2.05) is 22.8 Å². The van der Waals surface area contributed by atoms with E-state index in [9.17, 15) is 9.59 Å². The predicted octanol–water partition coefficient (Wildman–Crippen LogP) is 2.11. The van der Waals surface area contributed by atoms with Crippen LogP contribution in [-0.4, -0.2) is 38.8 Å². The van der Waals surface area contributed by atoms with Gasteiger partial charge in [-0.1, -0.05) is 27.7 Å². The number of hydrogen-bond donors (Lipinski definition) is 2. The summed E-state index contributed by atoms with van der Waals surface area (Å²) in [7, 11) is 0. The molecule has 112 valence electrons. The summed E-state index contributed by atoms with van der Waals surface area (Å²) in [5, 5.41) is 12.2. The summed E-state index contributed by atoms with van der Waals surface area (Å²) in [5.74, 6) is -1.04. The van der Waals surface area contributed by atoms with Gasteiger partial charge >= 0.3 is 5.97 Å². The Hall–Kier alpha value is -1.54. The highest BCUT2D eigenvalue weighted by Crippen LogP contribution is 2.26. The Morgan fingerprint density at radius 3 is 2.90 bits per heavy atom. The van der Waals surface area contributed by atoms with Gasteiger partial charge in [-0.3, -0.25) is 9.59 Å². The third kappa shape index (κ3) is 4.21. The average molecular weight is 372 g/mol. The lowest BCUT2D eigenvalue weighted by Crippen LogP contribution is -2.24. The molecule has 0 atom stereocenters. The molecule has 8 heteroatoms. The van der Waals surface area contributed by atoms with Gasteiger partial charge in [0.2, 0.25) is 5.91 Å². The molecule has 0 aliphatic rings. The number of hydrogen-bond acceptors (Lipinski definition) is 4. The molecule has 2 aromatic rings. The molecular weight excluding hydrogens is 358 g/mol. The molecule has 0 unspecified atom stereocenters. The number of carboxylic acid groups (broad SMARTS) is 1. The van der Waals surface area contributed by atoms with E-state index in [4.69, 9.17) is 5.11 Å². The second-order valence-corrected chi connectivity index (χ2v) is 6.20. The van der Waals surface area contributed by atoms with Crippen LogP contribution >= 0.6 is 27.7 Å². The second-order valence-electron chi connectivity index (χ2n) is 4.34. The van der Waals surface area contributed by atoms with Crippen molar-refractivity contribution in [3.05, 3.63) is 22.7 Å². The van der Waals surface area contributed by atoms with Gasteiger partial charge in [-0.05, 0) is 18.2 Å². The topological polar surface area (TPSA) is 84.2 Å². The molecular formula is C13H14BrN3O3S. The number of aromatic nitrogens is 2. The lowest BCUT2D eigenvalue weighted by atomic mass is 10.3. The molecule has 0 spiro atoms. The van der Waals surface area contributed by atoms with Crippen molar-refractivity contribution in [1.82, 2.24) is 14.9 Å². The smallest absolute Gasteiger partial charge is 0.313 e. The summed E-state index contributed by atoms with van der Waals surface area (Å²) in [6, 6.07) is 5.69. The van der Waals surface area contributed by atoms with Crippen LogP contribution in [0.4, 0.5) is 0 Å². The van der Waals surface area contributed by atoms with Crippen LogP contribution in [0.25, 0.3) is 11.0 Å². The number of benzene rings is 1. The normalized spacial score (nSPS) is 10.8. The fraction of sp³-hybridized carbons (Fsp3) is 0.308. The van der Waals surface area contributed by atoms with E-state index in [-0.39, 0.29) is 11.7 Å². The minimum Gasteiger partial charge on any atom is -0.481 e. The summed E-state index contributed by atoms with van der Waals surface area (Å²) in [6.07, 6.45) is 0. The van der Waals surface area contributed by atoms with Crippen LogP contribution in [0.5, 0.6) is 0 Å². The molecule has 0 aliphatic heterocycles. The van der Waals surface area contributed by atoms with E-state index in [0.717, 1.165) is 15.5 Å². The van der Waals surface area contributed by atoms with Crippen LogP contribution in [0.2, 0.25) is 0 Å².